The highest BCUT2D eigenvalue weighted by Gasteiger charge is 2.24. The van der Waals surface area contributed by atoms with Crippen molar-refractivity contribution in [2.24, 2.45) is 0 Å². The van der Waals surface area contributed by atoms with Crippen LogP contribution in [0.25, 0.3) is 0 Å². The first-order valence-corrected chi connectivity index (χ1v) is 8.51. The molecule has 0 radical (unpaired) electrons. The van der Waals surface area contributed by atoms with Crippen LogP contribution < -0.4 is 5.32 Å². The molecule has 1 aliphatic rings. The van der Waals surface area contributed by atoms with Crippen LogP contribution in [0.2, 0.25) is 0 Å². The summed E-state index contributed by atoms with van der Waals surface area (Å²) < 4.78 is 39.0. The van der Waals surface area contributed by atoms with E-state index in [4.69, 9.17) is 9.47 Å². The van der Waals surface area contributed by atoms with E-state index < -0.39 is 23.8 Å². The molecule has 3 unspecified atom stereocenters. The van der Waals surface area contributed by atoms with E-state index in [1.807, 2.05) is 0 Å². The second kappa shape index (κ2) is 9.22. The van der Waals surface area contributed by atoms with Gasteiger partial charge in [0.2, 0.25) is 5.91 Å². The van der Waals surface area contributed by atoms with Gasteiger partial charge >= 0.3 is 0 Å². The zero-order chi connectivity index (χ0) is 18.4. The molecule has 1 aliphatic heterocycles. The third-order valence-electron chi connectivity index (χ3n) is 4.35. The minimum Gasteiger partial charge on any atom is -0.376 e. The molecule has 1 saturated heterocycles. The minimum absolute atomic E-state index is 0.0392. The van der Waals surface area contributed by atoms with E-state index in [0.29, 0.717) is 6.61 Å². The topological polar surface area (TPSA) is 50.8 Å². The summed E-state index contributed by atoms with van der Waals surface area (Å²) in [6.07, 6.45) is 1.33. The number of likely N-dealkylation sites (N-methyl/N-ethyl adjacent to an activating group) is 1. The molecule has 7 heteroatoms. The lowest BCUT2D eigenvalue weighted by Crippen LogP contribution is -2.41. The van der Waals surface area contributed by atoms with Crippen molar-refractivity contribution in [3.05, 3.63) is 35.4 Å². The summed E-state index contributed by atoms with van der Waals surface area (Å²) >= 11 is 0. The molecule has 2 rings (SSSR count). The van der Waals surface area contributed by atoms with Crippen molar-refractivity contribution in [3.63, 3.8) is 0 Å². The maximum absolute atomic E-state index is 14.0. The largest absolute Gasteiger partial charge is 0.376 e. The van der Waals surface area contributed by atoms with Gasteiger partial charge in [-0.25, -0.2) is 8.78 Å². The summed E-state index contributed by atoms with van der Waals surface area (Å²) in [5.41, 5.74) is -0.0549. The Morgan fingerprint density at radius 3 is 2.64 bits per heavy atom. The summed E-state index contributed by atoms with van der Waals surface area (Å²) in [6.45, 7) is 2.83. The molecule has 1 aromatic rings. The van der Waals surface area contributed by atoms with Crippen molar-refractivity contribution < 1.29 is 23.0 Å². The van der Waals surface area contributed by atoms with Gasteiger partial charge in [0.05, 0.1) is 18.8 Å². The second-order valence-electron chi connectivity index (χ2n) is 6.47. The lowest BCUT2D eigenvalue weighted by atomic mass is 10.0. The van der Waals surface area contributed by atoms with E-state index in [2.05, 4.69) is 5.32 Å². The van der Waals surface area contributed by atoms with Crippen LogP contribution in [0.4, 0.5) is 8.78 Å². The SMILES string of the molecule is CC(OCC1CCCO1)C(=O)NCC(c1c(F)cccc1F)N(C)C. The third-order valence-corrected chi connectivity index (χ3v) is 4.35. The maximum atomic E-state index is 14.0. The normalized spacial score (nSPS) is 19.8. The van der Waals surface area contributed by atoms with Crippen LogP contribution in [-0.2, 0) is 14.3 Å². The van der Waals surface area contributed by atoms with Crippen molar-refractivity contribution in [1.82, 2.24) is 10.2 Å². The first kappa shape index (κ1) is 19.8. The molecule has 140 valence electrons. The predicted octanol–water partition coefficient (Wildman–Crippen LogP) is 2.27. The number of rotatable bonds is 8. The van der Waals surface area contributed by atoms with Crippen LogP contribution in [0, 0.1) is 11.6 Å². The standard InChI is InChI=1S/C18H26F2N2O3/c1-12(25-11-13-6-5-9-24-13)18(23)21-10-16(22(2)3)17-14(19)7-4-8-15(17)20/h4,7-8,12-13,16H,5-6,9-11H2,1-3H3,(H,21,23). The van der Waals surface area contributed by atoms with E-state index in [-0.39, 0.29) is 24.1 Å². The average Bonchev–Trinajstić information content (AvgIpc) is 3.08. The number of hydrogen-bond acceptors (Lipinski definition) is 4. The molecular formula is C18H26F2N2O3. The summed E-state index contributed by atoms with van der Waals surface area (Å²) in [5.74, 6) is -1.58. The Balaban J connectivity index is 1.90. The van der Waals surface area contributed by atoms with Gasteiger partial charge < -0.3 is 19.7 Å². The van der Waals surface area contributed by atoms with E-state index in [0.717, 1.165) is 19.4 Å². The van der Waals surface area contributed by atoms with Gasteiger partial charge in [-0.05, 0) is 46.0 Å². The number of halogens is 2. The van der Waals surface area contributed by atoms with Gasteiger partial charge in [-0.15, -0.1) is 0 Å². The number of carbonyl (C=O) groups excluding carboxylic acids is 1. The fourth-order valence-corrected chi connectivity index (χ4v) is 2.82. The molecular weight excluding hydrogens is 330 g/mol. The smallest absolute Gasteiger partial charge is 0.248 e. The fraction of sp³-hybridized carbons (Fsp3) is 0.611. The minimum atomic E-state index is -0.655. The van der Waals surface area contributed by atoms with Crippen molar-refractivity contribution >= 4 is 5.91 Å². The van der Waals surface area contributed by atoms with Crippen LogP contribution in [0.15, 0.2) is 18.2 Å². The molecule has 1 N–H and O–H groups in total. The number of nitrogens with zero attached hydrogens (tertiary/aromatic N) is 1. The van der Waals surface area contributed by atoms with Crippen molar-refractivity contribution in [3.8, 4) is 0 Å². The zero-order valence-electron chi connectivity index (χ0n) is 14.9. The maximum Gasteiger partial charge on any atom is 0.248 e. The lowest BCUT2D eigenvalue weighted by molar-refractivity contribution is -0.134. The molecule has 25 heavy (non-hydrogen) atoms. The Morgan fingerprint density at radius 1 is 1.40 bits per heavy atom. The van der Waals surface area contributed by atoms with Crippen LogP contribution in [0.1, 0.15) is 31.4 Å². The number of benzene rings is 1. The Hall–Kier alpha value is -1.57. The summed E-state index contributed by atoms with van der Waals surface area (Å²) in [7, 11) is 3.42. The highest BCUT2D eigenvalue weighted by Crippen LogP contribution is 2.24. The van der Waals surface area contributed by atoms with Gasteiger partial charge in [-0.3, -0.25) is 4.79 Å². The Kier molecular flexibility index (Phi) is 7.28. The van der Waals surface area contributed by atoms with Gasteiger partial charge in [0.15, 0.2) is 0 Å². The van der Waals surface area contributed by atoms with Gasteiger partial charge in [-0.2, -0.15) is 0 Å². The molecule has 1 amide bonds. The molecule has 3 atom stereocenters. The van der Waals surface area contributed by atoms with Gasteiger partial charge in [-0.1, -0.05) is 6.07 Å². The van der Waals surface area contributed by atoms with Crippen molar-refractivity contribution in [1.29, 1.82) is 0 Å². The van der Waals surface area contributed by atoms with Crippen LogP contribution >= 0.6 is 0 Å². The fourth-order valence-electron chi connectivity index (χ4n) is 2.82. The van der Waals surface area contributed by atoms with Crippen molar-refractivity contribution in [2.75, 3.05) is 33.9 Å². The zero-order valence-corrected chi connectivity index (χ0v) is 14.9. The summed E-state index contributed by atoms with van der Waals surface area (Å²) in [6, 6.07) is 3.13. The molecule has 0 bridgehead atoms. The number of carbonyl (C=O) groups is 1. The van der Waals surface area contributed by atoms with Gasteiger partial charge in [0.25, 0.3) is 0 Å². The van der Waals surface area contributed by atoms with Crippen molar-refractivity contribution in [2.45, 2.75) is 38.0 Å². The molecule has 5 nitrogen and oxygen atoms in total. The molecule has 0 saturated carbocycles. The predicted molar refractivity (Wildman–Crippen MR) is 90.2 cm³/mol. The third kappa shape index (κ3) is 5.45. The first-order chi connectivity index (χ1) is 11.9. The number of amides is 1. The van der Waals surface area contributed by atoms with Crippen LogP contribution in [-0.4, -0.2) is 56.9 Å². The number of ether oxygens (including phenoxy) is 2. The second-order valence-corrected chi connectivity index (χ2v) is 6.47. The quantitative estimate of drug-likeness (QED) is 0.776. The van der Waals surface area contributed by atoms with E-state index in [1.54, 1.807) is 25.9 Å². The molecule has 0 aromatic heterocycles. The lowest BCUT2D eigenvalue weighted by Gasteiger charge is -2.26. The Morgan fingerprint density at radius 2 is 2.08 bits per heavy atom. The highest BCUT2D eigenvalue weighted by atomic mass is 19.1. The highest BCUT2D eigenvalue weighted by molar-refractivity contribution is 5.80. The number of hydrogen-bond donors (Lipinski definition) is 1. The van der Waals surface area contributed by atoms with E-state index in [1.165, 1.54) is 18.2 Å². The summed E-state index contributed by atoms with van der Waals surface area (Å²) in [5, 5.41) is 2.71. The molecule has 1 aromatic carbocycles. The molecule has 0 spiro atoms. The van der Waals surface area contributed by atoms with Gasteiger partial charge in [0.1, 0.15) is 17.7 Å². The van der Waals surface area contributed by atoms with Crippen LogP contribution in [0.3, 0.4) is 0 Å². The first-order valence-electron chi connectivity index (χ1n) is 8.51. The van der Waals surface area contributed by atoms with E-state index >= 15 is 0 Å². The van der Waals surface area contributed by atoms with Gasteiger partial charge in [0, 0.05) is 18.7 Å². The van der Waals surface area contributed by atoms with Crippen LogP contribution in [0.5, 0.6) is 0 Å². The Labute approximate surface area is 147 Å². The number of nitrogens with one attached hydrogen (secondary N) is 1. The average molecular weight is 356 g/mol. The molecule has 0 aliphatic carbocycles. The monoisotopic (exact) mass is 356 g/mol. The van der Waals surface area contributed by atoms with E-state index in [9.17, 15) is 13.6 Å². The summed E-state index contributed by atoms with van der Waals surface area (Å²) in [4.78, 5) is 13.9. The molecule has 1 fully saturated rings. The Bertz CT molecular complexity index is 557. The molecule has 1 heterocycles.